The minimum atomic E-state index is 0.599. The summed E-state index contributed by atoms with van der Waals surface area (Å²) >= 11 is 0. The first-order chi connectivity index (χ1) is 8.19. The van der Waals surface area contributed by atoms with Gasteiger partial charge in [-0.2, -0.15) is 0 Å². The first-order valence-corrected chi connectivity index (χ1v) is 6.55. The van der Waals surface area contributed by atoms with Crippen molar-refractivity contribution in [3.8, 4) is 0 Å². The number of nitrogens with zero attached hydrogens (tertiary/aromatic N) is 2. The van der Waals surface area contributed by atoms with E-state index in [1.165, 1.54) is 19.3 Å². The molecule has 0 unspecified atom stereocenters. The van der Waals surface area contributed by atoms with E-state index in [4.69, 9.17) is 5.73 Å². The monoisotopic (exact) mass is 236 g/mol. The van der Waals surface area contributed by atoms with Gasteiger partial charge in [0.15, 0.2) is 0 Å². The van der Waals surface area contributed by atoms with Crippen molar-refractivity contribution in [2.75, 3.05) is 17.6 Å². The zero-order valence-electron chi connectivity index (χ0n) is 11.2. The van der Waals surface area contributed by atoms with Crippen LogP contribution in [0, 0.1) is 6.92 Å². The van der Waals surface area contributed by atoms with Crippen LogP contribution in [0.2, 0.25) is 0 Å². The van der Waals surface area contributed by atoms with Crippen LogP contribution in [0.25, 0.3) is 0 Å². The van der Waals surface area contributed by atoms with Crippen LogP contribution in [0.1, 0.15) is 50.9 Å². The molecule has 17 heavy (non-hydrogen) atoms. The fourth-order valence-electron chi connectivity index (χ4n) is 1.67. The molecule has 1 aromatic rings. The average Bonchev–Trinajstić information content (AvgIpc) is 2.31. The summed E-state index contributed by atoms with van der Waals surface area (Å²) in [7, 11) is 0. The van der Waals surface area contributed by atoms with Gasteiger partial charge < -0.3 is 11.1 Å². The maximum Gasteiger partial charge on any atom is 0.134 e. The van der Waals surface area contributed by atoms with Crippen molar-refractivity contribution in [2.45, 2.75) is 52.9 Å². The quantitative estimate of drug-likeness (QED) is 0.714. The van der Waals surface area contributed by atoms with Gasteiger partial charge in [0.1, 0.15) is 17.5 Å². The highest BCUT2D eigenvalue weighted by atomic mass is 15.1. The molecular formula is C13H24N4. The number of aromatic nitrogens is 2. The molecule has 0 saturated carbocycles. The average molecular weight is 236 g/mol. The maximum atomic E-state index is 5.89. The second-order valence-corrected chi connectivity index (χ2v) is 4.38. The Morgan fingerprint density at radius 1 is 1.12 bits per heavy atom. The minimum Gasteiger partial charge on any atom is -0.383 e. The molecule has 96 valence electrons. The zero-order chi connectivity index (χ0) is 12.7. The van der Waals surface area contributed by atoms with Gasteiger partial charge in [-0.25, -0.2) is 9.97 Å². The van der Waals surface area contributed by atoms with Crippen molar-refractivity contribution in [1.82, 2.24) is 9.97 Å². The summed E-state index contributed by atoms with van der Waals surface area (Å²) in [6, 6.07) is 0. The summed E-state index contributed by atoms with van der Waals surface area (Å²) in [5, 5.41) is 3.36. The molecule has 0 spiro atoms. The molecular weight excluding hydrogens is 212 g/mol. The standard InChI is InChI=1S/C13H24N4/c1-4-6-7-9-15-13-10(3)12(14)16-11(17-13)8-5-2/h4-9H2,1-3H3,(H3,14,15,16,17). The smallest absolute Gasteiger partial charge is 0.134 e. The molecule has 1 aromatic heterocycles. The van der Waals surface area contributed by atoms with Gasteiger partial charge in [0.05, 0.1) is 0 Å². The fourth-order valence-corrected chi connectivity index (χ4v) is 1.67. The van der Waals surface area contributed by atoms with Gasteiger partial charge in [-0.3, -0.25) is 0 Å². The van der Waals surface area contributed by atoms with E-state index in [1.54, 1.807) is 0 Å². The molecule has 0 fully saturated rings. The van der Waals surface area contributed by atoms with E-state index in [2.05, 4.69) is 29.1 Å². The van der Waals surface area contributed by atoms with E-state index >= 15 is 0 Å². The SMILES string of the molecule is CCCCCNc1nc(CCC)nc(N)c1C. The summed E-state index contributed by atoms with van der Waals surface area (Å²) in [5.41, 5.74) is 6.85. The molecule has 0 atom stereocenters. The third-order valence-corrected chi connectivity index (χ3v) is 2.78. The molecule has 0 bridgehead atoms. The predicted octanol–water partition coefficient (Wildman–Crippen LogP) is 2.92. The van der Waals surface area contributed by atoms with Crippen LogP contribution in [0.4, 0.5) is 11.6 Å². The lowest BCUT2D eigenvalue weighted by atomic mass is 10.2. The second kappa shape index (κ2) is 7.09. The number of anilines is 2. The molecule has 1 heterocycles. The molecule has 0 saturated heterocycles. The number of rotatable bonds is 7. The molecule has 4 heteroatoms. The number of nitrogens with one attached hydrogen (secondary N) is 1. The molecule has 0 aliphatic heterocycles. The normalized spacial score (nSPS) is 10.5. The number of hydrogen-bond donors (Lipinski definition) is 2. The van der Waals surface area contributed by atoms with Crippen molar-refractivity contribution in [3.63, 3.8) is 0 Å². The summed E-state index contributed by atoms with van der Waals surface area (Å²) in [5.74, 6) is 2.34. The fraction of sp³-hybridized carbons (Fsp3) is 0.692. The molecule has 0 aliphatic rings. The van der Waals surface area contributed by atoms with Gasteiger partial charge in [-0.05, 0) is 19.8 Å². The van der Waals surface area contributed by atoms with Crippen molar-refractivity contribution in [1.29, 1.82) is 0 Å². The Bertz CT molecular complexity index is 350. The largest absolute Gasteiger partial charge is 0.383 e. The topological polar surface area (TPSA) is 63.8 Å². The van der Waals surface area contributed by atoms with E-state index in [9.17, 15) is 0 Å². The van der Waals surface area contributed by atoms with Crippen molar-refractivity contribution in [2.24, 2.45) is 0 Å². The summed E-state index contributed by atoms with van der Waals surface area (Å²) < 4.78 is 0. The second-order valence-electron chi connectivity index (χ2n) is 4.38. The van der Waals surface area contributed by atoms with Crippen LogP contribution < -0.4 is 11.1 Å². The van der Waals surface area contributed by atoms with Crippen LogP contribution in [0.3, 0.4) is 0 Å². The molecule has 0 radical (unpaired) electrons. The lowest BCUT2D eigenvalue weighted by Crippen LogP contribution is -2.10. The van der Waals surface area contributed by atoms with Crippen LogP contribution in [-0.2, 0) is 6.42 Å². The highest BCUT2D eigenvalue weighted by molar-refractivity contribution is 5.54. The lowest BCUT2D eigenvalue weighted by molar-refractivity contribution is 0.740. The predicted molar refractivity (Wildman–Crippen MR) is 73.2 cm³/mol. The Hall–Kier alpha value is -1.32. The van der Waals surface area contributed by atoms with Crippen molar-refractivity contribution >= 4 is 11.6 Å². The van der Waals surface area contributed by atoms with Gasteiger partial charge >= 0.3 is 0 Å². The molecule has 0 aromatic carbocycles. The Kier molecular flexibility index (Phi) is 5.73. The Morgan fingerprint density at radius 2 is 1.88 bits per heavy atom. The third kappa shape index (κ3) is 4.21. The van der Waals surface area contributed by atoms with Crippen LogP contribution in [0.15, 0.2) is 0 Å². The highest BCUT2D eigenvalue weighted by Crippen LogP contribution is 2.17. The van der Waals surface area contributed by atoms with Gasteiger partial charge in [-0.1, -0.05) is 26.7 Å². The summed E-state index contributed by atoms with van der Waals surface area (Å²) in [6.45, 7) is 7.24. The number of nitrogens with two attached hydrogens (primary N) is 1. The molecule has 3 N–H and O–H groups in total. The number of hydrogen-bond acceptors (Lipinski definition) is 4. The maximum absolute atomic E-state index is 5.89. The first kappa shape index (κ1) is 13.7. The Balaban J connectivity index is 2.68. The van der Waals surface area contributed by atoms with E-state index in [0.717, 1.165) is 36.6 Å². The van der Waals surface area contributed by atoms with Gasteiger partial charge in [0.2, 0.25) is 0 Å². The highest BCUT2D eigenvalue weighted by Gasteiger charge is 2.07. The molecule has 4 nitrogen and oxygen atoms in total. The van der Waals surface area contributed by atoms with Crippen LogP contribution >= 0.6 is 0 Å². The van der Waals surface area contributed by atoms with Crippen molar-refractivity contribution < 1.29 is 0 Å². The van der Waals surface area contributed by atoms with Crippen molar-refractivity contribution in [3.05, 3.63) is 11.4 Å². The number of aryl methyl sites for hydroxylation is 1. The van der Waals surface area contributed by atoms with E-state index < -0.39 is 0 Å². The van der Waals surface area contributed by atoms with E-state index in [-0.39, 0.29) is 0 Å². The zero-order valence-corrected chi connectivity index (χ0v) is 11.2. The lowest BCUT2D eigenvalue weighted by Gasteiger charge is -2.11. The Morgan fingerprint density at radius 3 is 2.53 bits per heavy atom. The summed E-state index contributed by atoms with van der Waals surface area (Å²) in [4.78, 5) is 8.81. The molecule has 0 amide bonds. The van der Waals surface area contributed by atoms with E-state index in [1.807, 2.05) is 6.92 Å². The first-order valence-electron chi connectivity index (χ1n) is 6.55. The number of nitrogen functional groups attached to an aromatic ring is 1. The van der Waals surface area contributed by atoms with Crippen LogP contribution in [-0.4, -0.2) is 16.5 Å². The minimum absolute atomic E-state index is 0.599. The molecule has 1 rings (SSSR count). The van der Waals surface area contributed by atoms with Gasteiger partial charge in [-0.15, -0.1) is 0 Å². The Labute approximate surface area is 104 Å². The molecule has 0 aliphatic carbocycles. The van der Waals surface area contributed by atoms with Gasteiger partial charge in [0.25, 0.3) is 0 Å². The van der Waals surface area contributed by atoms with E-state index in [0.29, 0.717) is 5.82 Å². The van der Waals surface area contributed by atoms with Gasteiger partial charge in [0, 0.05) is 18.5 Å². The third-order valence-electron chi connectivity index (χ3n) is 2.78. The number of unbranched alkanes of at least 4 members (excludes halogenated alkanes) is 2. The van der Waals surface area contributed by atoms with Crippen LogP contribution in [0.5, 0.6) is 0 Å². The summed E-state index contributed by atoms with van der Waals surface area (Å²) in [6.07, 6.45) is 5.57.